The van der Waals surface area contributed by atoms with Crippen molar-refractivity contribution < 1.29 is 9.53 Å². The number of carbonyl (C=O) groups is 1. The molecule has 0 unspecified atom stereocenters. The van der Waals surface area contributed by atoms with E-state index >= 15 is 0 Å². The van der Waals surface area contributed by atoms with Crippen molar-refractivity contribution in [2.75, 3.05) is 18.2 Å². The molecule has 3 rings (SSSR count). The molecule has 150 valence electrons. The molecule has 8 heteroatoms. The molecule has 0 aliphatic heterocycles. The summed E-state index contributed by atoms with van der Waals surface area (Å²) in [5.74, 6) is 0.424. The number of thioether (sulfide) groups is 1. The molecule has 0 aliphatic carbocycles. The zero-order valence-electron chi connectivity index (χ0n) is 16.1. The van der Waals surface area contributed by atoms with Gasteiger partial charge in [0.15, 0.2) is 5.16 Å². The Kier molecular flexibility index (Phi) is 6.61. The zero-order valence-corrected chi connectivity index (χ0v) is 17.6. The van der Waals surface area contributed by atoms with E-state index in [1.165, 1.54) is 16.3 Å². The number of anilines is 1. The van der Waals surface area contributed by atoms with E-state index in [0.717, 1.165) is 5.56 Å². The minimum atomic E-state index is -0.232. The van der Waals surface area contributed by atoms with E-state index in [4.69, 9.17) is 16.3 Å². The molecule has 0 bridgehead atoms. The van der Waals surface area contributed by atoms with Crippen LogP contribution in [0.15, 0.2) is 59.0 Å². The number of amides is 1. The number of halogens is 1. The summed E-state index contributed by atoms with van der Waals surface area (Å²) in [7, 11) is 1.55. The highest BCUT2D eigenvalue weighted by Crippen LogP contribution is 2.26. The zero-order chi connectivity index (χ0) is 21.0. The molecule has 6 nitrogen and oxygen atoms in total. The van der Waals surface area contributed by atoms with E-state index in [0.29, 0.717) is 39.1 Å². The molecule has 0 fully saturated rings. The summed E-state index contributed by atoms with van der Waals surface area (Å²) in [5.41, 5.74) is 1.89. The lowest BCUT2D eigenvalue weighted by Gasteiger charge is -2.13. The van der Waals surface area contributed by atoms with Gasteiger partial charge in [-0.25, -0.2) is 4.98 Å². The Balaban J connectivity index is 1.85. The molecule has 0 spiro atoms. The van der Waals surface area contributed by atoms with E-state index in [1.54, 1.807) is 37.5 Å². The molecule has 1 heterocycles. The fourth-order valence-corrected chi connectivity index (χ4v) is 3.78. The number of hydrogen-bond donors (Lipinski definition) is 1. The van der Waals surface area contributed by atoms with Gasteiger partial charge in [0, 0.05) is 11.6 Å². The summed E-state index contributed by atoms with van der Waals surface area (Å²) in [4.78, 5) is 29.8. The number of rotatable bonds is 7. The summed E-state index contributed by atoms with van der Waals surface area (Å²) in [6, 6.07) is 10.5. The van der Waals surface area contributed by atoms with Gasteiger partial charge in [-0.15, -0.1) is 6.58 Å². The third-order valence-electron chi connectivity index (χ3n) is 4.16. The van der Waals surface area contributed by atoms with Crippen LogP contribution in [0, 0.1) is 6.92 Å². The summed E-state index contributed by atoms with van der Waals surface area (Å²) >= 11 is 7.21. The molecule has 3 aromatic rings. The monoisotopic (exact) mass is 429 g/mol. The minimum Gasteiger partial charge on any atom is -0.495 e. The molecule has 2 aromatic carbocycles. The van der Waals surface area contributed by atoms with Gasteiger partial charge in [-0.3, -0.25) is 14.2 Å². The first-order valence-electron chi connectivity index (χ1n) is 8.81. The number of benzene rings is 2. The number of hydrogen-bond acceptors (Lipinski definition) is 5. The molecule has 0 aliphatic rings. The van der Waals surface area contributed by atoms with E-state index in [-0.39, 0.29) is 17.2 Å². The molecule has 0 atom stereocenters. The van der Waals surface area contributed by atoms with Crippen LogP contribution in [0.1, 0.15) is 5.56 Å². The topological polar surface area (TPSA) is 73.2 Å². The molecular weight excluding hydrogens is 410 g/mol. The molecule has 1 N–H and O–H groups in total. The van der Waals surface area contributed by atoms with Crippen molar-refractivity contribution in [3.05, 3.63) is 70.0 Å². The first kappa shape index (κ1) is 21.0. The van der Waals surface area contributed by atoms with Gasteiger partial charge in [-0.1, -0.05) is 35.5 Å². The Hall–Kier alpha value is -2.77. The Bertz CT molecular complexity index is 1140. The summed E-state index contributed by atoms with van der Waals surface area (Å²) < 4.78 is 6.78. The number of fused-ring (bicyclic) bond motifs is 1. The molecule has 0 saturated carbocycles. The quantitative estimate of drug-likeness (QED) is 0.344. The van der Waals surface area contributed by atoms with E-state index < -0.39 is 0 Å². The molecule has 0 saturated heterocycles. The lowest BCUT2D eigenvalue weighted by Crippen LogP contribution is -2.24. The largest absolute Gasteiger partial charge is 0.495 e. The van der Waals surface area contributed by atoms with Gasteiger partial charge in [0.05, 0.1) is 29.5 Å². The first-order chi connectivity index (χ1) is 13.9. The predicted octanol–water partition coefficient (Wildman–Crippen LogP) is 4.28. The van der Waals surface area contributed by atoms with Crippen molar-refractivity contribution in [3.63, 3.8) is 0 Å². The van der Waals surface area contributed by atoms with Crippen LogP contribution in [0.4, 0.5) is 5.69 Å². The number of ether oxygens (including phenoxy) is 1. The van der Waals surface area contributed by atoms with Crippen LogP contribution in [-0.4, -0.2) is 28.3 Å². The van der Waals surface area contributed by atoms with E-state index in [1.807, 2.05) is 19.1 Å². The van der Waals surface area contributed by atoms with Gasteiger partial charge >= 0.3 is 0 Å². The fourth-order valence-electron chi connectivity index (χ4n) is 2.81. The second-order valence-electron chi connectivity index (χ2n) is 6.30. The van der Waals surface area contributed by atoms with Gasteiger partial charge in [0.2, 0.25) is 5.91 Å². The second-order valence-corrected chi connectivity index (χ2v) is 7.68. The summed E-state index contributed by atoms with van der Waals surface area (Å²) in [5, 5.41) is 4.23. The van der Waals surface area contributed by atoms with Crippen LogP contribution in [0.2, 0.25) is 5.02 Å². The maximum absolute atomic E-state index is 12.8. The number of allylic oxidation sites excluding steroid dienone is 1. The van der Waals surface area contributed by atoms with Gasteiger partial charge < -0.3 is 10.1 Å². The summed E-state index contributed by atoms with van der Waals surface area (Å²) in [6.07, 6.45) is 1.62. The van der Waals surface area contributed by atoms with Crippen LogP contribution < -0.4 is 15.6 Å². The van der Waals surface area contributed by atoms with Crippen LogP contribution in [-0.2, 0) is 11.3 Å². The van der Waals surface area contributed by atoms with Crippen molar-refractivity contribution >= 4 is 45.9 Å². The molecule has 1 amide bonds. The third-order valence-corrected chi connectivity index (χ3v) is 5.37. The van der Waals surface area contributed by atoms with E-state index in [9.17, 15) is 9.59 Å². The number of aryl methyl sites for hydroxylation is 1. The third kappa shape index (κ3) is 4.81. The molecule has 1 aromatic heterocycles. The number of methoxy groups -OCH3 is 1. The Morgan fingerprint density at radius 3 is 2.86 bits per heavy atom. The Morgan fingerprint density at radius 1 is 1.34 bits per heavy atom. The molecular formula is C21H20ClN3O3S. The van der Waals surface area contributed by atoms with Crippen molar-refractivity contribution in [1.82, 2.24) is 9.55 Å². The van der Waals surface area contributed by atoms with Crippen LogP contribution in [0.5, 0.6) is 5.75 Å². The maximum atomic E-state index is 12.8. The average molecular weight is 430 g/mol. The van der Waals surface area contributed by atoms with E-state index in [2.05, 4.69) is 16.9 Å². The highest BCUT2D eigenvalue weighted by Gasteiger charge is 2.14. The van der Waals surface area contributed by atoms with Crippen LogP contribution >= 0.6 is 23.4 Å². The minimum absolute atomic E-state index is 0.0761. The standard InChI is InChI=1S/C21H20ClN3O3S/c1-4-9-25-20(27)15-7-6-14(22)11-16(15)24-21(25)29-12-19(26)23-17-10-13(2)5-8-18(17)28-3/h4-8,10-11H,1,9,12H2,2-3H3,(H,23,26). The average Bonchev–Trinajstić information content (AvgIpc) is 2.69. The Morgan fingerprint density at radius 2 is 2.14 bits per heavy atom. The van der Waals surface area contributed by atoms with Crippen molar-refractivity contribution in [2.24, 2.45) is 0 Å². The highest BCUT2D eigenvalue weighted by molar-refractivity contribution is 7.99. The van der Waals surface area contributed by atoms with Crippen LogP contribution in [0.25, 0.3) is 10.9 Å². The van der Waals surface area contributed by atoms with Crippen molar-refractivity contribution in [2.45, 2.75) is 18.6 Å². The fraction of sp³-hybridized carbons (Fsp3) is 0.190. The van der Waals surface area contributed by atoms with Gasteiger partial charge in [-0.05, 0) is 42.8 Å². The van der Waals surface area contributed by atoms with Crippen molar-refractivity contribution in [1.29, 1.82) is 0 Å². The normalized spacial score (nSPS) is 10.7. The summed E-state index contributed by atoms with van der Waals surface area (Å²) in [6.45, 7) is 5.92. The first-order valence-corrected chi connectivity index (χ1v) is 10.2. The second kappa shape index (κ2) is 9.15. The highest BCUT2D eigenvalue weighted by atomic mass is 35.5. The molecule has 0 radical (unpaired) electrons. The smallest absolute Gasteiger partial charge is 0.262 e. The Labute approximate surface area is 177 Å². The number of nitrogens with one attached hydrogen (secondary N) is 1. The van der Waals surface area contributed by atoms with Crippen molar-refractivity contribution in [3.8, 4) is 5.75 Å². The number of nitrogens with zero attached hydrogens (tertiary/aromatic N) is 2. The predicted molar refractivity (Wildman–Crippen MR) is 118 cm³/mol. The van der Waals surface area contributed by atoms with Gasteiger partial charge in [-0.2, -0.15) is 0 Å². The number of aromatic nitrogens is 2. The lowest BCUT2D eigenvalue weighted by molar-refractivity contribution is -0.113. The lowest BCUT2D eigenvalue weighted by atomic mass is 10.2. The van der Waals surface area contributed by atoms with Gasteiger partial charge in [0.1, 0.15) is 5.75 Å². The molecule has 29 heavy (non-hydrogen) atoms. The maximum Gasteiger partial charge on any atom is 0.262 e. The SMILES string of the molecule is C=CCn1c(SCC(=O)Nc2cc(C)ccc2OC)nc2cc(Cl)ccc2c1=O. The number of carbonyl (C=O) groups excluding carboxylic acids is 1. The van der Waals surface area contributed by atoms with Gasteiger partial charge in [0.25, 0.3) is 5.56 Å². The van der Waals surface area contributed by atoms with Crippen LogP contribution in [0.3, 0.4) is 0 Å².